The molecule has 1 aromatic heterocycles. The van der Waals surface area contributed by atoms with Crippen molar-refractivity contribution in [1.29, 1.82) is 0 Å². The Morgan fingerprint density at radius 1 is 1.12 bits per heavy atom. The predicted molar refractivity (Wildman–Crippen MR) is 129 cm³/mol. The van der Waals surface area contributed by atoms with Gasteiger partial charge >= 0.3 is 0 Å². The number of ether oxygens (including phenoxy) is 1. The van der Waals surface area contributed by atoms with Crippen LogP contribution < -0.4 is 9.64 Å². The quantitative estimate of drug-likeness (QED) is 0.428. The molecular formula is C25H23N3O3S. The van der Waals surface area contributed by atoms with E-state index in [0.29, 0.717) is 16.6 Å². The summed E-state index contributed by atoms with van der Waals surface area (Å²) >= 11 is 1.25. The highest BCUT2D eigenvalue weighted by Crippen LogP contribution is 2.31. The van der Waals surface area contributed by atoms with E-state index in [1.165, 1.54) is 11.8 Å². The summed E-state index contributed by atoms with van der Waals surface area (Å²) in [6, 6.07) is 16.9. The van der Waals surface area contributed by atoms with Gasteiger partial charge in [0.1, 0.15) is 11.4 Å². The van der Waals surface area contributed by atoms with Crippen molar-refractivity contribution in [1.82, 2.24) is 4.98 Å². The number of rotatable bonds is 6. The number of thioether (sulfide) groups is 1. The molecule has 4 rings (SSSR count). The van der Waals surface area contributed by atoms with E-state index in [4.69, 9.17) is 4.74 Å². The summed E-state index contributed by atoms with van der Waals surface area (Å²) in [6.07, 6.45) is 3.46. The van der Waals surface area contributed by atoms with Crippen molar-refractivity contribution in [2.75, 3.05) is 17.8 Å². The zero-order valence-electron chi connectivity index (χ0n) is 18.1. The first-order valence-electron chi connectivity index (χ1n) is 10.1. The molecule has 7 heteroatoms. The van der Waals surface area contributed by atoms with E-state index < -0.39 is 0 Å². The molecule has 32 heavy (non-hydrogen) atoms. The molecular weight excluding hydrogens is 422 g/mol. The second kappa shape index (κ2) is 9.28. The second-order valence-electron chi connectivity index (χ2n) is 7.48. The number of aryl methyl sites for hydroxylation is 2. The van der Waals surface area contributed by atoms with Gasteiger partial charge < -0.3 is 9.72 Å². The number of H-pyrrole nitrogens is 1. The number of nitrogens with zero attached hydrogens (tertiary/aromatic N) is 2. The Bertz CT molecular complexity index is 1190. The van der Waals surface area contributed by atoms with Crippen LogP contribution in [0.4, 0.5) is 5.69 Å². The molecule has 6 nitrogen and oxygen atoms in total. The molecule has 162 valence electrons. The maximum atomic E-state index is 13.4. The molecule has 1 aliphatic rings. The Morgan fingerprint density at radius 3 is 2.47 bits per heavy atom. The molecule has 0 saturated heterocycles. The Balaban J connectivity index is 1.66. The van der Waals surface area contributed by atoms with Gasteiger partial charge in [-0.3, -0.25) is 14.5 Å². The highest BCUT2D eigenvalue weighted by molar-refractivity contribution is 8.14. The van der Waals surface area contributed by atoms with Gasteiger partial charge in [-0.25, -0.2) is 4.99 Å². The third kappa shape index (κ3) is 4.68. The van der Waals surface area contributed by atoms with Gasteiger partial charge in [0.05, 0.1) is 24.2 Å². The maximum absolute atomic E-state index is 13.4. The third-order valence-corrected chi connectivity index (χ3v) is 5.88. The zero-order chi connectivity index (χ0) is 22.7. The fourth-order valence-corrected chi connectivity index (χ4v) is 4.37. The topological polar surface area (TPSA) is 74.8 Å². The number of carbonyl (C=O) groups excluding carboxylic acids is 2. The smallest absolute Gasteiger partial charge is 0.283 e. The predicted octanol–water partition coefficient (Wildman–Crippen LogP) is 5.00. The van der Waals surface area contributed by atoms with Gasteiger partial charge in [0.25, 0.3) is 5.91 Å². The van der Waals surface area contributed by atoms with Crippen LogP contribution >= 0.6 is 11.8 Å². The summed E-state index contributed by atoms with van der Waals surface area (Å²) in [4.78, 5) is 35.0. The Morgan fingerprint density at radius 2 is 1.84 bits per heavy atom. The highest BCUT2D eigenvalue weighted by Gasteiger charge is 2.32. The molecule has 0 fully saturated rings. The lowest BCUT2D eigenvalue weighted by Crippen LogP contribution is -2.31. The lowest BCUT2D eigenvalue weighted by atomic mass is 10.1. The van der Waals surface area contributed by atoms with Crippen molar-refractivity contribution >= 4 is 40.4 Å². The van der Waals surface area contributed by atoms with E-state index in [-0.39, 0.29) is 17.4 Å². The van der Waals surface area contributed by atoms with Gasteiger partial charge in [-0.15, -0.1) is 0 Å². The molecule has 0 spiro atoms. The molecule has 0 bridgehead atoms. The van der Waals surface area contributed by atoms with Gasteiger partial charge in [-0.05, 0) is 73.0 Å². The molecule has 2 aromatic carbocycles. The average molecular weight is 446 g/mol. The van der Waals surface area contributed by atoms with Crippen molar-refractivity contribution in [2.24, 2.45) is 4.99 Å². The highest BCUT2D eigenvalue weighted by atomic mass is 32.2. The van der Waals surface area contributed by atoms with E-state index in [2.05, 4.69) is 16.0 Å². The van der Waals surface area contributed by atoms with Gasteiger partial charge in [-0.2, -0.15) is 0 Å². The third-order valence-electron chi connectivity index (χ3n) is 4.94. The van der Waals surface area contributed by atoms with Crippen molar-refractivity contribution in [3.05, 3.63) is 88.9 Å². The summed E-state index contributed by atoms with van der Waals surface area (Å²) in [5.41, 5.74) is 4.54. The molecule has 0 atom stereocenters. The number of Topliss-reactive ketones (excluding diaryl/α,β-unsaturated/α-hetero) is 1. The number of benzene rings is 2. The fourth-order valence-electron chi connectivity index (χ4n) is 3.47. The average Bonchev–Trinajstić information content (AvgIpc) is 3.41. The van der Waals surface area contributed by atoms with Crippen molar-refractivity contribution in [2.45, 2.75) is 13.8 Å². The van der Waals surface area contributed by atoms with E-state index in [1.54, 1.807) is 36.4 Å². The van der Waals surface area contributed by atoms with Gasteiger partial charge in [0.15, 0.2) is 11.0 Å². The fraction of sp³-hybridized carbons (Fsp3) is 0.160. The Hall–Kier alpha value is -3.58. The van der Waals surface area contributed by atoms with Gasteiger partial charge in [-0.1, -0.05) is 30.0 Å². The number of hydrogen-bond donors (Lipinski definition) is 1. The molecule has 0 unspecified atom stereocenters. The minimum absolute atomic E-state index is 0.0527. The largest absolute Gasteiger partial charge is 0.497 e. The number of anilines is 1. The summed E-state index contributed by atoms with van der Waals surface area (Å²) in [5.74, 6) is 0.636. The first kappa shape index (κ1) is 21.6. The van der Waals surface area contributed by atoms with Gasteiger partial charge in [0.2, 0.25) is 0 Å². The molecule has 3 aromatic rings. The Labute approximate surface area is 191 Å². The van der Waals surface area contributed by atoms with E-state index in [9.17, 15) is 9.59 Å². The number of aromatic nitrogens is 1. The van der Waals surface area contributed by atoms with E-state index in [0.717, 1.165) is 28.1 Å². The normalized spacial score (nSPS) is 14.7. The van der Waals surface area contributed by atoms with Crippen molar-refractivity contribution in [3.8, 4) is 5.75 Å². The summed E-state index contributed by atoms with van der Waals surface area (Å²) in [7, 11) is 1.61. The monoisotopic (exact) mass is 445 g/mol. The number of hydrogen-bond acceptors (Lipinski definition) is 5. The van der Waals surface area contributed by atoms with Crippen LogP contribution in [0, 0.1) is 13.8 Å². The number of aromatic amines is 1. The van der Waals surface area contributed by atoms with Crippen LogP contribution in [0.15, 0.2) is 71.5 Å². The van der Waals surface area contributed by atoms with Crippen LogP contribution in [-0.2, 0) is 4.79 Å². The standard InChI is InChI=1S/C25H23N3O3S/c1-16-11-17(2)13-19(12-16)28-24(30)22(14-18-6-8-20(31-3)9-7-18)27-25(28)32-15-23(29)21-5-4-10-26-21/h4-14,26H,15H2,1-3H3/b22-14-. The lowest BCUT2D eigenvalue weighted by molar-refractivity contribution is -0.113. The summed E-state index contributed by atoms with van der Waals surface area (Å²) in [5, 5.41) is 0.486. The zero-order valence-corrected chi connectivity index (χ0v) is 18.9. The van der Waals surface area contributed by atoms with Crippen LogP contribution in [-0.4, -0.2) is 34.7 Å². The van der Waals surface area contributed by atoms with Crippen LogP contribution in [0.2, 0.25) is 0 Å². The second-order valence-corrected chi connectivity index (χ2v) is 8.42. The number of methoxy groups -OCH3 is 1. The van der Waals surface area contributed by atoms with Crippen molar-refractivity contribution < 1.29 is 14.3 Å². The molecule has 1 amide bonds. The lowest BCUT2D eigenvalue weighted by Gasteiger charge is -2.19. The first-order valence-corrected chi connectivity index (χ1v) is 11.1. The van der Waals surface area contributed by atoms with Gasteiger partial charge in [0, 0.05) is 6.20 Å². The van der Waals surface area contributed by atoms with E-state index in [1.807, 2.05) is 50.2 Å². The molecule has 1 N–H and O–H groups in total. The van der Waals surface area contributed by atoms with Crippen LogP contribution in [0.1, 0.15) is 27.2 Å². The minimum atomic E-state index is -0.222. The number of carbonyl (C=O) groups is 2. The molecule has 0 saturated carbocycles. The molecule has 0 radical (unpaired) electrons. The van der Waals surface area contributed by atoms with Crippen LogP contribution in [0.3, 0.4) is 0 Å². The number of aliphatic imine (C=N–C) groups is 1. The number of ketones is 1. The number of nitrogens with one attached hydrogen (secondary N) is 1. The summed E-state index contributed by atoms with van der Waals surface area (Å²) in [6.45, 7) is 3.98. The SMILES string of the molecule is COc1ccc(/C=C2\N=C(SCC(=O)c3ccc[nH]3)N(c3cc(C)cc(C)c3)C2=O)cc1. The molecule has 2 heterocycles. The number of amidine groups is 1. The molecule has 1 aliphatic heterocycles. The minimum Gasteiger partial charge on any atom is -0.497 e. The number of amides is 1. The van der Waals surface area contributed by atoms with Crippen LogP contribution in [0.25, 0.3) is 6.08 Å². The first-order chi connectivity index (χ1) is 15.4. The summed E-state index contributed by atoms with van der Waals surface area (Å²) < 4.78 is 5.20. The Kier molecular flexibility index (Phi) is 6.28. The van der Waals surface area contributed by atoms with Crippen LogP contribution in [0.5, 0.6) is 5.75 Å². The molecule has 0 aliphatic carbocycles. The van der Waals surface area contributed by atoms with Crippen molar-refractivity contribution in [3.63, 3.8) is 0 Å². The van der Waals surface area contributed by atoms with E-state index >= 15 is 0 Å². The maximum Gasteiger partial charge on any atom is 0.283 e.